The summed E-state index contributed by atoms with van der Waals surface area (Å²) in [4.78, 5) is 37.4. The Balaban J connectivity index is 1.48. The van der Waals surface area contributed by atoms with Gasteiger partial charge in [-0.15, -0.1) is 10.2 Å². The van der Waals surface area contributed by atoms with E-state index in [-0.39, 0.29) is 30.7 Å². The van der Waals surface area contributed by atoms with E-state index in [0.717, 1.165) is 16.8 Å². The van der Waals surface area contributed by atoms with Crippen LogP contribution in [0.5, 0.6) is 5.75 Å². The van der Waals surface area contributed by atoms with Gasteiger partial charge in [-0.05, 0) is 86.5 Å². The van der Waals surface area contributed by atoms with Crippen molar-refractivity contribution in [2.75, 3.05) is 24.8 Å². The molecular weight excluding hydrogens is 542 g/mol. The predicted octanol–water partition coefficient (Wildman–Crippen LogP) is 4.73. The summed E-state index contributed by atoms with van der Waals surface area (Å²) >= 11 is 1.23. The van der Waals surface area contributed by atoms with E-state index in [0.29, 0.717) is 33.5 Å². The number of thioether (sulfide) groups is 1. The molecule has 2 N–H and O–H groups in total. The third kappa shape index (κ3) is 7.31. The van der Waals surface area contributed by atoms with E-state index < -0.39 is 5.97 Å². The van der Waals surface area contributed by atoms with Gasteiger partial charge in [0.05, 0.1) is 37.3 Å². The number of hydrogen-bond acceptors (Lipinski definition) is 8. The molecule has 0 aliphatic carbocycles. The molecule has 0 aliphatic heterocycles. The van der Waals surface area contributed by atoms with E-state index in [2.05, 4.69) is 20.8 Å². The number of esters is 1. The molecule has 212 valence electrons. The molecule has 0 radical (unpaired) electrons. The molecule has 0 fully saturated rings. The summed E-state index contributed by atoms with van der Waals surface area (Å²) in [5.74, 6) is 0.340. The highest BCUT2D eigenvalue weighted by atomic mass is 32.2. The Morgan fingerprint density at radius 2 is 1.63 bits per heavy atom. The SMILES string of the molecule is CCOC(=O)c1ccc(NC(=O)CSc2nnc(CNC(=O)c3ccc(OC)cc3)n2-c2cccc(C)c2C)cc1. The fraction of sp³-hybridized carbons (Fsp3) is 0.233. The second-order valence-electron chi connectivity index (χ2n) is 9.00. The zero-order chi connectivity index (χ0) is 29.4. The van der Waals surface area contributed by atoms with Gasteiger partial charge in [-0.1, -0.05) is 23.9 Å². The smallest absolute Gasteiger partial charge is 0.338 e. The second kappa shape index (κ2) is 13.6. The lowest BCUT2D eigenvalue weighted by Crippen LogP contribution is -2.24. The van der Waals surface area contributed by atoms with E-state index in [1.807, 2.05) is 36.6 Å². The number of nitrogens with zero attached hydrogens (tertiary/aromatic N) is 3. The highest BCUT2D eigenvalue weighted by molar-refractivity contribution is 7.99. The Morgan fingerprint density at radius 1 is 0.927 bits per heavy atom. The van der Waals surface area contributed by atoms with Crippen LogP contribution in [0.15, 0.2) is 71.9 Å². The average Bonchev–Trinajstić information content (AvgIpc) is 3.39. The quantitative estimate of drug-likeness (QED) is 0.195. The summed E-state index contributed by atoms with van der Waals surface area (Å²) in [5, 5.41) is 14.9. The molecule has 0 spiro atoms. The van der Waals surface area contributed by atoms with Crippen molar-refractivity contribution in [1.29, 1.82) is 0 Å². The van der Waals surface area contributed by atoms with Gasteiger partial charge < -0.3 is 20.1 Å². The highest BCUT2D eigenvalue weighted by Crippen LogP contribution is 2.26. The van der Waals surface area contributed by atoms with Gasteiger partial charge >= 0.3 is 5.97 Å². The summed E-state index contributed by atoms with van der Waals surface area (Å²) < 4.78 is 12.0. The van der Waals surface area contributed by atoms with Gasteiger partial charge in [-0.3, -0.25) is 14.2 Å². The molecule has 1 aromatic heterocycles. The first kappa shape index (κ1) is 29.3. The number of aromatic nitrogens is 3. The van der Waals surface area contributed by atoms with Gasteiger partial charge in [0.2, 0.25) is 5.91 Å². The standard InChI is InChI=1S/C30H31N5O5S/c1-5-40-29(38)22-9-13-23(14-10-22)32-27(36)18-41-30-34-33-26(35(30)25-8-6-7-19(2)20(25)3)17-31-28(37)21-11-15-24(39-4)16-12-21/h6-16H,5,17-18H2,1-4H3,(H,31,37)(H,32,36). The molecule has 0 aliphatic rings. The predicted molar refractivity (Wildman–Crippen MR) is 157 cm³/mol. The minimum Gasteiger partial charge on any atom is -0.497 e. The van der Waals surface area contributed by atoms with Crippen molar-refractivity contribution < 1.29 is 23.9 Å². The molecule has 2 amide bonds. The number of hydrogen-bond donors (Lipinski definition) is 2. The zero-order valence-corrected chi connectivity index (χ0v) is 24.1. The molecule has 4 aromatic rings. The van der Waals surface area contributed by atoms with Gasteiger partial charge in [-0.2, -0.15) is 0 Å². The summed E-state index contributed by atoms with van der Waals surface area (Å²) in [6.07, 6.45) is 0. The van der Waals surface area contributed by atoms with E-state index in [9.17, 15) is 14.4 Å². The molecule has 11 heteroatoms. The Bertz CT molecular complexity index is 1530. The van der Waals surface area contributed by atoms with Crippen molar-refractivity contribution in [2.45, 2.75) is 32.5 Å². The fourth-order valence-corrected chi connectivity index (χ4v) is 4.73. The number of anilines is 1. The van der Waals surface area contributed by atoms with Crippen LogP contribution in [0, 0.1) is 13.8 Å². The largest absolute Gasteiger partial charge is 0.497 e. The molecule has 4 rings (SSSR count). The maximum absolute atomic E-state index is 12.8. The van der Waals surface area contributed by atoms with Crippen molar-refractivity contribution in [3.8, 4) is 11.4 Å². The number of benzene rings is 3. The molecular formula is C30H31N5O5S. The van der Waals surface area contributed by atoms with Crippen molar-refractivity contribution in [1.82, 2.24) is 20.1 Å². The van der Waals surface area contributed by atoms with Crippen LogP contribution in [0.1, 0.15) is 44.6 Å². The Hall–Kier alpha value is -4.64. The van der Waals surface area contributed by atoms with Gasteiger partial charge in [0.25, 0.3) is 5.91 Å². The number of amides is 2. The molecule has 3 aromatic carbocycles. The molecule has 0 saturated carbocycles. The molecule has 0 saturated heterocycles. The van der Waals surface area contributed by atoms with Crippen molar-refractivity contribution >= 4 is 35.2 Å². The van der Waals surface area contributed by atoms with E-state index in [1.165, 1.54) is 11.8 Å². The summed E-state index contributed by atoms with van der Waals surface area (Å²) in [6, 6.07) is 19.2. The normalized spacial score (nSPS) is 10.6. The highest BCUT2D eigenvalue weighted by Gasteiger charge is 2.19. The van der Waals surface area contributed by atoms with Gasteiger partial charge in [0.15, 0.2) is 11.0 Å². The lowest BCUT2D eigenvalue weighted by atomic mass is 10.1. The van der Waals surface area contributed by atoms with Gasteiger partial charge in [0, 0.05) is 11.3 Å². The first-order valence-electron chi connectivity index (χ1n) is 12.9. The van der Waals surface area contributed by atoms with Gasteiger partial charge in [-0.25, -0.2) is 4.79 Å². The lowest BCUT2D eigenvalue weighted by molar-refractivity contribution is -0.113. The summed E-state index contributed by atoms with van der Waals surface area (Å²) in [6.45, 7) is 6.18. The Kier molecular flexibility index (Phi) is 9.75. The maximum Gasteiger partial charge on any atom is 0.338 e. The van der Waals surface area contributed by atoms with Crippen LogP contribution in [0.2, 0.25) is 0 Å². The van der Waals surface area contributed by atoms with E-state index in [1.54, 1.807) is 62.6 Å². The van der Waals surface area contributed by atoms with Crippen LogP contribution in [0.3, 0.4) is 0 Å². The Morgan fingerprint density at radius 3 is 2.32 bits per heavy atom. The number of rotatable bonds is 11. The maximum atomic E-state index is 12.8. The first-order chi connectivity index (χ1) is 19.8. The Labute approximate surface area is 242 Å². The van der Waals surface area contributed by atoms with Crippen LogP contribution < -0.4 is 15.4 Å². The number of aryl methyl sites for hydroxylation is 1. The molecule has 0 unspecified atom stereocenters. The fourth-order valence-electron chi connectivity index (χ4n) is 3.96. The molecule has 0 atom stereocenters. The molecule has 0 bridgehead atoms. The average molecular weight is 574 g/mol. The summed E-state index contributed by atoms with van der Waals surface area (Å²) in [5.41, 5.74) is 4.44. The van der Waals surface area contributed by atoms with Crippen LogP contribution in [0.25, 0.3) is 5.69 Å². The number of nitrogens with one attached hydrogen (secondary N) is 2. The number of carbonyl (C=O) groups excluding carboxylic acids is 3. The van der Waals surface area contributed by atoms with Crippen molar-refractivity contribution in [3.05, 3.63) is 94.8 Å². The molecule has 1 heterocycles. The topological polar surface area (TPSA) is 124 Å². The van der Waals surface area contributed by atoms with Crippen LogP contribution in [0.4, 0.5) is 5.69 Å². The number of ether oxygens (including phenoxy) is 2. The minimum absolute atomic E-state index is 0.0703. The molecule has 10 nitrogen and oxygen atoms in total. The second-order valence-corrected chi connectivity index (χ2v) is 9.94. The zero-order valence-electron chi connectivity index (χ0n) is 23.3. The minimum atomic E-state index is -0.414. The van der Waals surface area contributed by atoms with Crippen molar-refractivity contribution in [3.63, 3.8) is 0 Å². The van der Waals surface area contributed by atoms with E-state index >= 15 is 0 Å². The van der Waals surface area contributed by atoms with Gasteiger partial charge in [0.1, 0.15) is 5.75 Å². The summed E-state index contributed by atoms with van der Waals surface area (Å²) in [7, 11) is 1.57. The van der Waals surface area contributed by atoms with Crippen molar-refractivity contribution in [2.24, 2.45) is 0 Å². The number of carbonyl (C=O) groups is 3. The third-order valence-electron chi connectivity index (χ3n) is 6.29. The van der Waals surface area contributed by atoms with Crippen LogP contribution in [-0.2, 0) is 16.1 Å². The molecule has 41 heavy (non-hydrogen) atoms. The van der Waals surface area contributed by atoms with Crippen LogP contribution in [-0.4, -0.2) is 52.0 Å². The van der Waals surface area contributed by atoms with Crippen LogP contribution >= 0.6 is 11.8 Å². The number of methoxy groups -OCH3 is 1. The third-order valence-corrected chi connectivity index (χ3v) is 7.22. The lowest BCUT2D eigenvalue weighted by Gasteiger charge is -2.15. The monoisotopic (exact) mass is 573 g/mol. The van der Waals surface area contributed by atoms with E-state index in [4.69, 9.17) is 9.47 Å². The first-order valence-corrected chi connectivity index (χ1v) is 13.9.